The summed E-state index contributed by atoms with van der Waals surface area (Å²) in [5, 5.41) is 0. The third-order valence-corrected chi connectivity index (χ3v) is 5.16. The van der Waals surface area contributed by atoms with E-state index in [0.717, 1.165) is 19.4 Å². The van der Waals surface area contributed by atoms with Crippen LogP contribution in [0.25, 0.3) is 0 Å². The first kappa shape index (κ1) is 21.2. The number of carbonyl (C=O) groups excluding carboxylic acids is 3. The molecule has 1 aliphatic rings. The summed E-state index contributed by atoms with van der Waals surface area (Å²) in [5.74, 6) is -0.902. The normalized spacial score (nSPS) is 18.8. The van der Waals surface area contributed by atoms with Gasteiger partial charge in [-0.1, -0.05) is 0 Å². The molecule has 7 heteroatoms. The summed E-state index contributed by atoms with van der Waals surface area (Å²) in [6, 6.07) is -0.394. The number of ether oxygens (including phenoxy) is 2. The number of Topliss-reactive ketones (excluding diaryl/α,β-unsaturated/α-hetero) is 1. The van der Waals surface area contributed by atoms with Crippen molar-refractivity contribution in [1.82, 2.24) is 9.88 Å². The number of hydrogen-bond donors (Lipinski definition) is 1. The Kier molecular flexibility index (Phi) is 7.18. The van der Waals surface area contributed by atoms with Gasteiger partial charge in [-0.2, -0.15) is 0 Å². The lowest BCUT2D eigenvalue weighted by atomic mass is 9.95. The Morgan fingerprint density at radius 3 is 2.48 bits per heavy atom. The first-order chi connectivity index (χ1) is 12.8. The largest absolute Gasteiger partial charge is 0.466 e. The maximum Gasteiger partial charge on any atom is 0.340 e. The topological polar surface area (TPSA) is 88.7 Å². The smallest absolute Gasteiger partial charge is 0.340 e. The maximum absolute atomic E-state index is 13.1. The predicted octanol–water partition coefficient (Wildman–Crippen LogP) is 2.65. The van der Waals surface area contributed by atoms with Gasteiger partial charge in [0.15, 0.2) is 5.78 Å². The summed E-state index contributed by atoms with van der Waals surface area (Å²) < 4.78 is 10.2. The molecule has 27 heavy (non-hydrogen) atoms. The van der Waals surface area contributed by atoms with Gasteiger partial charge >= 0.3 is 11.9 Å². The van der Waals surface area contributed by atoms with Gasteiger partial charge in [0.25, 0.3) is 0 Å². The van der Waals surface area contributed by atoms with Crippen LogP contribution in [0.15, 0.2) is 0 Å². The minimum Gasteiger partial charge on any atom is -0.466 e. The Labute approximate surface area is 160 Å². The van der Waals surface area contributed by atoms with Crippen LogP contribution in [0.1, 0.15) is 65.7 Å². The lowest BCUT2D eigenvalue weighted by Gasteiger charge is -2.35. The lowest BCUT2D eigenvalue weighted by molar-refractivity contribution is -0.150. The standard InChI is InChI=1S/C20H30N2O5/c1-6-26-19(24)15-9-8-10-22(11-15)14(5)18(23)17-12(3)16(13(4)21-17)20(25)27-7-2/h14-15,21H,6-11H2,1-5H3/t14-,15-/m0/s1. The molecule has 0 radical (unpaired) electrons. The molecule has 0 saturated carbocycles. The number of aryl methyl sites for hydroxylation is 1. The SMILES string of the molecule is CCOC(=O)c1c(C)[nH]c(C(=O)[C@H](C)N2CCC[C@H](C(=O)OCC)C2)c1C. The molecule has 0 spiro atoms. The molecule has 1 aromatic heterocycles. The van der Waals surface area contributed by atoms with Crippen molar-refractivity contribution in [3.63, 3.8) is 0 Å². The number of nitrogens with one attached hydrogen (secondary N) is 1. The van der Waals surface area contributed by atoms with Gasteiger partial charge < -0.3 is 14.5 Å². The van der Waals surface area contributed by atoms with E-state index in [9.17, 15) is 14.4 Å². The Balaban J connectivity index is 2.16. The molecule has 1 N–H and O–H groups in total. The van der Waals surface area contributed by atoms with Gasteiger partial charge in [-0.05, 0) is 59.6 Å². The van der Waals surface area contributed by atoms with Crippen LogP contribution in [0, 0.1) is 19.8 Å². The number of esters is 2. The number of aromatic nitrogens is 1. The minimum atomic E-state index is -0.421. The van der Waals surface area contributed by atoms with E-state index >= 15 is 0 Å². The third-order valence-electron chi connectivity index (χ3n) is 5.16. The molecular weight excluding hydrogens is 348 g/mol. The summed E-state index contributed by atoms with van der Waals surface area (Å²) in [6.45, 7) is 10.8. The van der Waals surface area contributed by atoms with Crippen LogP contribution in [0.3, 0.4) is 0 Å². The number of piperidine rings is 1. The van der Waals surface area contributed by atoms with Crippen molar-refractivity contribution in [2.45, 2.75) is 53.5 Å². The molecule has 2 heterocycles. The van der Waals surface area contributed by atoms with Gasteiger partial charge in [-0.3, -0.25) is 14.5 Å². The number of H-pyrrole nitrogens is 1. The van der Waals surface area contributed by atoms with Gasteiger partial charge in [0, 0.05) is 12.2 Å². The zero-order chi connectivity index (χ0) is 20.1. The van der Waals surface area contributed by atoms with Crippen LogP contribution in [0.2, 0.25) is 0 Å². The Hall–Kier alpha value is -2.15. The highest BCUT2D eigenvalue weighted by Crippen LogP contribution is 2.24. The quantitative estimate of drug-likeness (QED) is 0.580. The number of likely N-dealkylation sites (tertiary alicyclic amines) is 1. The first-order valence-electron chi connectivity index (χ1n) is 9.62. The Morgan fingerprint density at radius 1 is 1.19 bits per heavy atom. The van der Waals surface area contributed by atoms with Crippen molar-refractivity contribution in [2.75, 3.05) is 26.3 Å². The summed E-state index contributed by atoms with van der Waals surface area (Å²) in [6.07, 6.45) is 1.63. The van der Waals surface area contributed by atoms with Crippen LogP contribution < -0.4 is 0 Å². The van der Waals surface area contributed by atoms with E-state index in [1.807, 2.05) is 11.8 Å². The molecule has 7 nitrogen and oxygen atoms in total. The van der Waals surface area contributed by atoms with Crippen molar-refractivity contribution < 1.29 is 23.9 Å². The van der Waals surface area contributed by atoms with Crippen LogP contribution in [0.5, 0.6) is 0 Å². The molecule has 1 fully saturated rings. The molecular formula is C20H30N2O5. The molecule has 1 aliphatic heterocycles. The number of nitrogens with zero attached hydrogens (tertiary/aromatic N) is 1. The molecule has 2 rings (SSSR count). The van der Waals surface area contributed by atoms with Gasteiger partial charge in [0.05, 0.1) is 36.4 Å². The number of aromatic amines is 1. The van der Waals surface area contributed by atoms with E-state index in [2.05, 4.69) is 4.98 Å². The summed E-state index contributed by atoms with van der Waals surface area (Å²) >= 11 is 0. The van der Waals surface area contributed by atoms with E-state index in [1.165, 1.54) is 0 Å². The van der Waals surface area contributed by atoms with E-state index < -0.39 is 12.0 Å². The number of carbonyl (C=O) groups is 3. The van der Waals surface area contributed by atoms with E-state index in [0.29, 0.717) is 35.7 Å². The average Bonchev–Trinajstić information content (AvgIpc) is 2.95. The highest BCUT2D eigenvalue weighted by molar-refractivity contribution is 6.03. The summed E-state index contributed by atoms with van der Waals surface area (Å²) in [4.78, 5) is 42.4. The summed E-state index contributed by atoms with van der Waals surface area (Å²) in [7, 11) is 0. The molecule has 1 saturated heterocycles. The van der Waals surface area contributed by atoms with Crippen LogP contribution in [-0.4, -0.2) is 60.0 Å². The second-order valence-corrected chi connectivity index (χ2v) is 6.97. The molecule has 0 amide bonds. The lowest BCUT2D eigenvalue weighted by Crippen LogP contribution is -2.47. The monoisotopic (exact) mass is 378 g/mol. The number of ketones is 1. The number of hydrogen-bond acceptors (Lipinski definition) is 6. The fourth-order valence-electron chi connectivity index (χ4n) is 3.69. The van der Waals surface area contributed by atoms with Crippen molar-refractivity contribution in [3.8, 4) is 0 Å². The number of rotatable bonds is 7. The zero-order valence-electron chi connectivity index (χ0n) is 16.9. The minimum absolute atomic E-state index is 0.0874. The molecule has 1 aromatic rings. The molecule has 0 aliphatic carbocycles. The highest BCUT2D eigenvalue weighted by Gasteiger charge is 2.33. The fourth-order valence-corrected chi connectivity index (χ4v) is 3.69. The van der Waals surface area contributed by atoms with Crippen molar-refractivity contribution in [1.29, 1.82) is 0 Å². The van der Waals surface area contributed by atoms with Gasteiger partial charge in [-0.15, -0.1) is 0 Å². The van der Waals surface area contributed by atoms with Gasteiger partial charge in [0.1, 0.15) is 0 Å². The van der Waals surface area contributed by atoms with Gasteiger partial charge in [-0.25, -0.2) is 4.79 Å². The molecule has 150 valence electrons. The fraction of sp³-hybridized carbons (Fsp3) is 0.650. The second-order valence-electron chi connectivity index (χ2n) is 6.97. The third kappa shape index (κ3) is 4.58. The average molecular weight is 378 g/mol. The van der Waals surface area contributed by atoms with Crippen LogP contribution in [0.4, 0.5) is 0 Å². The molecule has 0 bridgehead atoms. The van der Waals surface area contributed by atoms with Crippen LogP contribution in [-0.2, 0) is 14.3 Å². The Morgan fingerprint density at radius 2 is 1.85 bits per heavy atom. The van der Waals surface area contributed by atoms with E-state index in [1.54, 1.807) is 27.7 Å². The van der Waals surface area contributed by atoms with Gasteiger partial charge in [0.2, 0.25) is 0 Å². The van der Waals surface area contributed by atoms with Crippen LogP contribution >= 0.6 is 0 Å². The predicted molar refractivity (Wildman–Crippen MR) is 101 cm³/mol. The second kappa shape index (κ2) is 9.17. The zero-order valence-corrected chi connectivity index (χ0v) is 16.9. The maximum atomic E-state index is 13.1. The van der Waals surface area contributed by atoms with E-state index in [-0.39, 0.29) is 24.3 Å². The highest BCUT2D eigenvalue weighted by atomic mass is 16.5. The summed E-state index contributed by atoms with van der Waals surface area (Å²) in [5.41, 5.74) is 2.10. The first-order valence-corrected chi connectivity index (χ1v) is 9.62. The molecule has 2 atom stereocenters. The molecule has 0 aromatic carbocycles. The Bertz CT molecular complexity index is 709. The van der Waals surface area contributed by atoms with Crippen molar-refractivity contribution in [3.05, 3.63) is 22.5 Å². The molecule has 0 unspecified atom stereocenters. The van der Waals surface area contributed by atoms with Crippen molar-refractivity contribution >= 4 is 17.7 Å². The van der Waals surface area contributed by atoms with E-state index in [4.69, 9.17) is 9.47 Å². The van der Waals surface area contributed by atoms with Crippen molar-refractivity contribution in [2.24, 2.45) is 5.92 Å².